The Bertz CT molecular complexity index is 1110. The van der Waals surface area contributed by atoms with Crippen LogP contribution in [-0.2, 0) is 5.41 Å². The Balaban J connectivity index is 1.94. The number of anilines is 4. The maximum Gasteiger partial charge on any atom is 0.252 e. The van der Waals surface area contributed by atoms with Gasteiger partial charge in [-0.2, -0.15) is 0 Å². The smallest absolute Gasteiger partial charge is 0.252 e. The number of hydrogen-bond donors (Lipinski definition) is 0. The van der Waals surface area contributed by atoms with E-state index in [1.165, 1.54) is 50.3 Å². The van der Waals surface area contributed by atoms with Gasteiger partial charge in [-0.1, -0.05) is 57.2 Å². The Morgan fingerprint density at radius 3 is 1.96 bits per heavy atom. The molecule has 28 heavy (non-hydrogen) atoms. The lowest BCUT2D eigenvalue weighted by atomic mass is 9.32. The van der Waals surface area contributed by atoms with E-state index in [1.54, 1.807) is 0 Å². The van der Waals surface area contributed by atoms with Gasteiger partial charge in [0.15, 0.2) is 0 Å². The van der Waals surface area contributed by atoms with Crippen molar-refractivity contribution in [1.82, 2.24) is 0 Å². The van der Waals surface area contributed by atoms with Crippen molar-refractivity contribution in [3.63, 3.8) is 0 Å². The maximum atomic E-state index is 2.39. The molecular formula is C25H27BN2. The van der Waals surface area contributed by atoms with Gasteiger partial charge in [-0.15, -0.1) is 0 Å². The molecule has 140 valence electrons. The molecule has 0 aromatic heterocycles. The lowest BCUT2D eigenvalue weighted by Gasteiger charge is -2.44. The summed E-state index contributed by atoms with van der Waals surface area (Å²) in [5.41, 5.74) is 12.5. The molecular weight excluding hydrogens is 339 g/mol. The molecule has 0 saturated heterocycles. The lowest BCUT2D eigenvalue weighted by Crippen LogP contribution is -2.63. The van der Waals surface area contributed by atoms with E-state index in [0.29, 0.717) is 0 Å². The molecule has 0 atom stereocenters. The van der Waals surface area contributed by atoms with E-state index in [-0.39, 0.29) is 12.1 Å². The number of rotatable bonds is 0. The average molecular weight is 366 g/mol. The van der Waals surface area contributed by atoms with Gasteiger partial charge in [-0.05, 0) is 58.1 Å². The van der Waals surface area contributed by atoms with E-state index in [4.69, 9.17) is 0 Å². The lowest BCUT2D eigenvalue weighted by molar-refractivity contribution is 0.594. The molecule has 0 saturated carbocycles. The maximum absolute atomic E-state index is 2.39. The molecule has 2 aliphatic heterocycles. The second-order valence-electron chi connectivity index (χ2n) is 9.26. The summed E-state index contributed by atoms with van der Waals surface area (Å²) < 4.78 is 0. The fourth-order valence-corrected chi connectivity index (χ4v) is 5.30. The van der Waals surface area contributed by atoms with Crippen LogP contribution in [0.2, 0.25) is 0 Å². The van der Waals surface area contributed by atoms with Gasteiger partial charge < -0.3 is 9.80 Å². The van der Waals surface area contributed by atoms with E-state index in [2.05, 4.69) is 106 Å². The van der Waals surface area contributed by atoms with Crippen LogP contribution in [0.5, 0.6) is 0 Å². The zero-order chi connectivity index (χ0) is 19.8. The summed E-state index contributed by atoms with van der Waals surface area (Å²) in [6.45, 7) is 9.50. The van der Waals surface area contributed by atoms with Crippen molar-refractivity contribution in [3.05, 3.63) is 65.7 Å². The number of aryl methyl sites for hydroxylation is 1. The van der Waals surface area contributed by atoms with Crippen LogP contribution < -0.4 is 26.2 Å². The molecule has 3 aromatic carbocycles. The molecule has 2 heterocycles. The standard InChI is InChI=1S/C25H27BN2/c1-16-10-7-12-18-24(16)28(6)21-15-9-14-20-23(21)26(18)22-17(25(2,3)4)11-8-13-19(22)27(20)5/h7-15H,1-6H3. The van der Waals surface area contributed by atoms with Gasteiger partial charge in [-0.25, -0.2) is 0 Å². The number of para-hydroxylation sites is 1. The first kappa shape index (κ1) is 17.4. The SMILES string of the molecule is Cc1cccc2c1N(C)c1cccc3c1B2c1c(cccc1C(C)(C)C)N3C. The highest BCUT2D eigenvalue weighted by molar-refractivity contribution is 7.00. The molecule has 2 aliphatic rings. The molecule has 3 heteroatoms. The van der Waals surface area contributed by atoms with E-state index in [1.807, 2.05) is 0 Å². The molecule has 0 amide bonds. The van der Waals surface area contributed by atoms with E-state index in [0.717, 1.165) is 0 Å². The van der Waals surface area contributed by atoms with Gasteiger partial charge in [0.25, 0.3) is 6.71 Å². The highest BCUT2D eigenvalue weighted by Gasteiger charge is 2.43. The normalized spacial score (nSPS) is 14.6. The Kier molecular flexibility index (Phi) is 3.53. The van der Waals surface area contributed by atoms with Crippen molar-refractivity contribution >= 4 is 45.9 Å². The molecule has 5 rings (SSSR count). The van der Waals surface area contributed by atoms with Crippen molar-refractivity contribution in [2.75, 3.05) is 23.9 Å². The summed E-state index contributed by atoms with van der Waals surface area (Å²) in [5.74, 6) is 0. The van der Waals surface area contributed by atoms with Gasteiger partial charge in [0.05, 0.1) is 0 Å². The molecule has 0 spiro atoms. The minimum Gasteiger partial charge on any atom is -0.345 e. The zero-order valence-corrected chi connectivity index (χ0v) is 17.7. The first-order valence-electron chi connectivity index (χ1n) is 10.1. The molecule has 3 aromatic rings. The Morgan fingerprint density at radius 1 is 0.714 bits per heavy atom. The third kappa shape index (κ3) is 2.16. The Hall–Kier alpha value is -2.68. The first-order valence-corrected chi connectivity index (χ1v) is 10.1. The van der Waals surface area contributed by atoms with E-state index >= 15 is 0 Å². The largest absolute Gasteiger partial charge is 0.345 e. The van der Waals surface area contributed by atoms with Crippen molar-refractivity contribution in [3.8, 4) is 0 Å². The second-order valence-corrected chi connectivity index (χ2v) is 9.26. The quantitative estimate of drug-likeness (QED) is 0.556. The monoisotopic (exact) mass is 366 g/mol. The van der Waals surface area contributed by atoms with Crippen molar-refractivity contribution < 1.29 is 0 Å². The number of nitrogens with zero attached hydrogens (tertiary/aromatic N) is 2. The van der Waals surface area contributed by atoms with E-state index < -0.39 is 0 Å². The number of hydrogen-bond acceptors (Lipinski definition) is 2. The van der Waals surface area contributed by atoms with Gasteiger partial charge in [0, 0.05) is 36.8 Å². The summed E-state index contributed by atoms with van der Waals surface area (Å²) >= 11 is 0. The summed E-state index contributed by atoms with van der Waals surface area (Å²) in [5, 5.41) is 0. The van der Waals surface area contributed by atoms with Crippen LogP contribution in [0.3, 0.4) is 0 Å². The number of benzene rings is 3. The Labute approximate surface area is 168 Å². The fourth-order valence-electron chi connectivity index (χ4n) is 5.30. The number of fused-ring (bicyclic) bond motifs is 4. The van der Waals surface area contributed by atoms with Crippen molar-refractivity contribution in [2.45, 2.75) is 33.1 Å². The van der Waals surface area contributed by atoms with Crippen LogP contribution in [0.1, 0.15) is 31.9 Å². The van der Waals surface area contributed by atoms with Gasteiger partial charge in [0.1, 0.15) is 0 Å². The van der Waals surface area contributed by atoms with Crippen LogP contribution in [0.4, 0.5) is 22.7 Å². The van der Waals surface area contributed by atoms with Crippen molar-refractivity contribution in [2.24, 2.45) is 0 Å². The molecule has 2 nitrogen and oxygen atoms in total. The third-order valence-electron chi connectivity index (χ3n) is 6.53. The van der Waals surface area contributed by atoms with Crippen LogP contribution >= 0.6 is 0 Å². The summed E-state index contributed by atoms with van der Waals surface area (Å²) in [7, 11) is 4.42. The second kappa shape index (κ2) is 5.67. The van der Waals surface area contributed by atoms with Gasteiger partial charge >= 0.3 is 0 Å². The predicted octanol–water partition coefficient (Wildman–Crippen LogP) is 3.97. The van der Waals surface area contributed by atoms with Gasteiger partial charge in [-0.3, -0.25) is 0 Å². The molecule has 0 unspecified atom stereocenters. The predicted molar refractivity (Wildman–Crippen MR) is 124 cm³/mol. The average Bonchev–Trinajstić information content (AvgIpc) is 2.66. The summed E-state index contributed by atoms with van der Waals surface area (Å²) in [6.07, 6.45) is 0. The Morgan fingerprint density at radius 2 is 1.29 bits per heavy atom. The minimum absolute atomic E-state index is 0.0893. The topological polar surface area (TPSA) is 6.48 Å². The molecule has 0 fully saturated rings. The van der Waals surface area contributed by atoms with Crippen LogP contribution in [-0.4, -0.2) is 20.8 Å². The van der Waals surface area contributed by atoms with Crippen molar-refractivity contribution in [1.29, 1.82) is 0 Å². The summed E-state index contributed by atoms with van der Waals surface area (Å²) in [4.78, 5) is 4.77. The van der Waals surface area contributed by atoms with Gasteiger partial charge in [0.2, 0.25) is 0 Å². The molecule has 0 N–H and O–H groups in total. The highest BCUT2D eigenvalue weighted by Crippen LogP contribution is 2.38. The van der Waals surface area contributed by atoms with Crippen LogP contribution in [0, 0.1) is 6.92 Å². The minimum atomic E-state index is 0.0893. The molecule has 0 radical (unpaired) electrons. The molecule has 0 aliphatic carbocycles. The first-order chi connectivity index (χ1) is 13.3. The third-order valence-corrected chi connectivity index (χ3v) is 6.53. The van der Waals surface area contributed by atoms with Crippen LogP contribution in [0.25, 0.3) is 0 Å². The van der Waals surface area contributed by atoms with Crippen LogP contribution in [0.15, 0.2) is 54.6 Å². The molecule has 0 bridgehead atoms. The summed E-state index contributed by atoms with van der Waals surface area (Å²) in [6, 6.07) is 20.4. The van der Waals surface area contributed by atoms with E-state index in [9.17, 15) is 0 Å². The highest BCUT2D eigenvalue weighted by atomic mass is 15.1. The zero-order valence-electron chi connectivity index (χ0n) is 17.7. The fraction of sp³-hybridized carbons (Fsp3) is 0.280.